The number of ether oxygens (including phenoxy) is 1. The third kappa shape index (κ3) is 8.91. The van der Waals surface area contributed by atoms with Crippen LogP contribution in [0.25, 0.3) is 0 Å². The molecule has 1 atom stereocenters. The largest absolute Gasteiger partial charge is 0.444 e. The van der Waals surface area contributed by atoms with E-state index in [9.17, 15) is 4.79 Å². The van der Waals surface area contributed by atoms with E-state index in [1.807, 2.05) is 6.92 Å². The molecule has 0 aliphatic heterocycles. The fourth-order valence-corrected chi connectivity index (χ4v) is 1.18. The second kappa shape index (κ2) is 7.47. The van der Waals surface area contributed by atoms with Crippen LogP contribution in [0.1, 0.15) is 27.7 Å². The van der Waals surface area contributed by atoms with Crippen LogP contribution in [0, 0.1) is 0 Å². The maximum absolute atomic E-state index is 11.3. The summed E-state index contributed by atoms with van der Waals surface area (Å²) in [5.74, 6) is 0. The number of aliphatic hydroxyl groups excluding tert-OH is 2. The Morgan fingerprint density at radius 3 is 2.24 bits per heavy atom. The highest BCUT2D eigenvalue weighted by Crippen LogP contribution is 2.06. The predicted molar refractivity (Wildman–Crippen MR) is 64.8 cm³/mol. The topological polar surface area (TPSA) is 90.8 Å². The van der Waals surface area contributed by atoms with E-state index in [0.717, 1.165) is 0 Å². The molecule has 0 bridgehead atoms. The van der Waals surface area contributed by atoms with Crippen molar-refractivity contribution in [2.24, 2.45) is 0 Å². The lowest BCUT2D eigenvalue weighted by Gasteiger charge is -2.22. The quantitative estimate of drug-likeness (QED) is 0.524. The molecule has 0 aromatic rings. The van der Waals surface area contributed by atoms with Crippen LogP contribution in [-0.2, 0) is 4.74 Å². The molecule has 0 saturated heterocycles. The molecule has 0 aliphatic rings. The van der Waals surface area contributed by atoms with Gasteiger partial charge in [0.1, 0.15) is 5.60 Å². The summed E-state index contributed by atoms with van der Waals surface area (Å²) in [4.78, 5) is 11.3. The van der Waals surface area contributed by atoms with E-state index in [0.29, 0.717) is 6.54 Å². The summed E-state index contributed by atoms with van der Waals surface area (Å²) in [7, 11) is 0. The van der Waals surface area contributed by atoms with Gasteiger partial charge in [-0.1, -0.05) is 0 Å². The molecule has 0 aromatic carbocycles. The van der Waals surface area contributed by atoms with Gasteiger partial charge in [-0.3, -0.25) is 0 Å². The molecule has 0 heterocycles. The predicted octanol–water partition coefficient (Wildman–Crippen LogP) is -0.158. The van der Waals surface area contributed by atoms with Crippen LogP contribution < -0.4 is 10.6 Å². The molecule has 0 saturated carbocycles. The molecule has 0 aliphatic carbocycles. The summed E-state index contributed by atoms with van der Waals surface area (Å²) in [6.07, 6.45) is -0.476. The van der Waals surface area contributed by atoms with Crippen molar-refractivity contribution in [3.63, 3.8) is 0 Å². The number of alkyl carbamates (subject to hydrolysis) is 1. The average molecular weight is 248 g/mol. The SMILES string of the molecule is CC(CNC(=O)OC(C)(C)C)NC(CO)CO. The van der Waals surface area contributed by atoms with Crippen molar-refractivity contribution in [3.8, 4) is 0 Å². The number of nitrogens with one attached hydrogen (secondary N) is 2. The molecule has 102 valence electrons. The van der Waals surface area contributed by atoms with Crippen molar-refractivity contribution in [2.75, 3.05) is 19.8 Å². The fraction of sp³-hybridized carbons (Fsp3) is 0.909. The minimum absolute atomic E-state index is 0.0631. The maximum Gasteiger partial charge on any atom is 0.407 e. The molecule has 17 heavy (non-hydrogen) atoms. The van der Waals surface area contributed by atoms with Crippen molar-refractivity contribution >= 4 is 6.09 Å². The number of hydrogen-bond donors (Lipinski definition) is 4. The lowest BCUT2D eigenvalue weighted by atomic mass is 10.2. The first-order valence-electron chi connectivity index (χ1n) is 5.73. The Morgan fingerprint density at radius 1 is 1.29 bits per heavy atom. The summed E-state index contributed by atoms with van der Waals surface area (Å²) >= 11 is 0. The van der Waals surface area contributed by atoms with E-state index in [-0.39, 0.29) is 25.3 Å². The van der Waals surface area contributed by atoms with Crippen LogP contribution in [0.5, 0.6) is 0 Å². The van der Waals surface area contributed by atoms with Gasteiger partial charge in [0, 0.05) is 12.6 Å². The van der Waals surface area contributed by atoms with Crippen molar-refractivity contribution in [1.82, 2.24) is 10.6 Å². The number of rotatable bonds is 6. The first kappa shape index (κ1) is 16.1. The maximum atomic E-state index is 11.3. The standard InChI is InChI=1S/C11H24N2O4/c1-8(13-9(6-14)7-15)5-12-10(16)17-11(2,3)4/h8-9,13-15H,5-7H2,1-4H3,(H,12,16). The second-order valence-electron chi connectivity index (χ2n) is 5.01. The van der Waals surface area contributed by atoms with Crippen LogP contribution in [0.3, 0.4) is 0 Å². The normalized spacial score (nSPS) is 13.6. The molecule has 0 aromatic heterocycles. The summed E-state index contributed by atoms with van der Waals surface area (Å²) < 4.78 is 5.07. The highest BCUT2D eigenvalue weighted by atomic mass is 16.6. The highest BCUT2D eigenvalue weighted by molar-refractivity contribution is 5.67. The second-order valence-corrected chi connectivity index (χ2v) is 5.01. The van der Waals surface area contributed by atoms with Gasteiger partial charge < -0.3 is 25.6 Å². The summed E-state index contributed by atoms with van der Waals surface area (Å²) in [6, 6.07) is -0.433. The van der Waals surface area contributed by atoms with Gasteiger partial charge in [-0.05, 0) is 27.7 Å². The van der Waals surface area contributed by atoms with E-state index in [4.69, 9.17) is 14.9 Å². The van der Waals surface area contributed by atoms with Crippen molar-refractivity contribution in [2.45, 2.75) is 45.4 Å². The van der Waals surface area contributed by atoms with Crippen LogP contribution >= 0.6 is 0 Å². The zero-order valence-corrected chi connectivity index (χ0v) is 11.0. The van der Waals surface area contributed by atoms with Gasteiger partial charge in [-0.25, -0.2) is 4.79 Å². The third-order valence-corrected chi connectivity index (χ3v) is 1.91. The molecule has 6 nitrogen and oxygen atoms in total. The molecule has 1 unspecified atom stereocenters. The van der Waals surface area contributed by atoms with Crippen LogP contribution in [0.2, 0.25) is 0 Å². The molecule has 1 amide bonds. The molecule has 0 rings (SSSR count). The van der Waals surface area contributed by atoms with E-state index in [2.05, 4.69) is 10.6 Å². The Bertz CT molecular complexity index is 224. The average Bonchev–Trinajstić information content (AvgIpc) is 2.20. The van der Waals surface area contributed by atoms with E-state index >= 15 is 0 Å². The first-order valence-corrected chi connectivity index (χ1v) is 5.73. The molecule has 0 spiro atoms. The Hall–Kier alpha value is -0.850. The Balaban J connectivity index is 3.84. The van der Waals surface area contributed by atoms with Gasteiger partial charge in [0.25, 0.3) is 0 Å². The monoisotopic (exact) mass is 248 g/mol. The lowest BCUT2D eigenvalue weighted by Crippen LogP contribution is -2.47. The van der Waals surface area contributed by atoms with Gasteiger partial charge in [0.15, 0.2) is 0 Å². The highest BCUT2D eigenvalue weighted by Gasteiger charge is 2.17. The number of hydrogen-bond acceptors (Lipinski definition) is 5. The van der Waals surface area contributed by atoms with Gasteiger partial charge in [-0.15, -0.1) is 0 Å². The first-order chi connectivity index (χ1) is 7.78. The molecular formula is C11H24N2O4. The molecule has 4 N–H and O–H groups in total. The molecular weight excluding hydrogens is 224 g/mol. The van der Waals surface area contributed by atoms with E-state index in [1.165, 1.54) is 0 Å². The van der Waals surface area contributed by atoms with Crippen LogP contribution in [-0.4, -0.2) is 53.7 Å². The zero-order chi connectivity index (χ0) is 13.5. The fourth-order valence-electron chi connectivity index (χ4n) is 1.18. The molecule has 6 heteroatoms. The van der Waals surface area contributed by atoms with Gasteiger partial charge >= 0.3 is 6.09 Å². The third-order valence-electron chi connectivity index (χ3n) is 1.91. The van der Waals surface area contributed by atoms with Gasteiger partial charge in [0.2, 0.25) is 0 Å². The number of aliphatic hydroxyl groups is 2. The number of carbonyl (C=O) groups excluding carboxylic acids is 1. The van der Waals surface area contributed by atoms with Crippen LogP contribution in [0.15, 0.2) is 0 Å². The number of carbonyl (C=O) groups is 1. The summed E-state index contributed by atoms with van der Waals surface area (Å²) in [5, 5.41) is 23.3. The Morgan fingerprint density at radius 2 is 1.82 bits per heavy atom. The van der Waals surface area contributed by atoms with Crippen molar-refractivity contribution < 1.29 is 19.7 Å². The van der Waals surface area contributed by atoms with Crippen molar-refractivity contribution in [1.29, 1.82) is 0 Å². The van der Waals surface area contributed by atoms with E-state index < -0.39 is 11.7 Å². The van der Waals surface area contributed by atoms with Crippen LogP contribution in [0.4, 0.5) is 4.79 Å². The molecule has 0 fully saturated rings. The van der Waals surface area contributed by atoms with Crippen molar-refractivity contribution in [3.05, 3.63) is 0 Å². The van der Waals surface area contributed by atoms with Gasteiger partial charge in [0.05, 0.1) is 19.3 Å². The Kier molecular flexibility index (Phi) is 7.10. The van der Waals surface area contributed by atoms with E-state index in [1.54, 1.807) is 20.8 Å². The summed E-state index contributed by atoms with van der Waals surface area (Å²) in [5.41, 5.74) is -0.514. The lowest BCUT2D eigenvalue weighted by molar-refractivity contribution is 0.0521. The summed E-state index contributed by atoms with van der Waals surface area (Å²) in [6.45, 7) is 7.30. The smallest absolute Gasteiger partial charge is 0.407 e. The zero-order valence-electron chi connectivity index (χ0n) is 11.0. The number of amides is 1. The Labute approximate surface area is 102 Å². The molecule has 0 radical (unpaired) electrons. The minimum Gasteiger partial charge on any atom is -0.444 e. The van der Waals surface area contributed by atoms with Gasteiger partial charge in [-0.2, -0.15) is 0 Å². The minimum atomic E-state index is -0.514.